The molecule has 0 radical (unpaired) electrons. The number of anilines is 1. The predicted molar refractivity (Wildman–Crippen MR) is 106 cm³/mol. The van der Waals surface area contributed by atoms with Crippen LogP contribution in [0.25, 0.3) is 0 Å². The highest BCUT2D eigenvalue weighted by atomic mass is 35.5. The number of nitrogens with one attached hydrogen (secondary N) is 1. The molecule has 152 valence electrons. The number of halogens is 3. The van der Waals surface area contributed by atoms with Crippen molar-refractivity contribution >= 4 is 23.1 Å². The van der Waals surface area contributed by atoms with Crippen LogP contribution in [0.5, 0.6) is 0 Å². The average molecular weight is 420 g/mol. The third kappa shape index (κ3) is 3.97. The highest BCUT2D eigenvalue weighted by Gasteiger charge is 2.48. The fraction of sp³-hybridized carbons (Fsp3) is 0.333. The Labute approximate surface area is 172 Å². The first-order chi connectivity index (χ1) is 13.8. The molecular formula is C21H20ClF2N3O2. The molecule has 1 heterocycles. The second kappa shape index (κ2) is 8.46. The fourth-order valence-corrected chi connectivity index (χ4v) is 3.95. The molecule has 0 saturated carbocycles. The van der Waals surface area contributed by atoms with Gasteiger partial charge in [-0.2, -0.15) is 5.26 Å². The van der Waals surface area contributed by atoms with Gasteiger partial charge in [0.15, 0.2) is 17.4 Å². The lowest BCUT2D eigenvalue weighted by atomic mass is 9.86. The van der Waals surface area contributed by atoms with Gasteiger partial charge >= 0.3 is 0 Å². The largest absolute Gasteiger partial charge is 0.386 e. The lowest BCUT2D eigenvalue weighted by molar-refractivity contribution is -0.131. The number of hydrogen-bond donors (Lipinski definition) is 2. The van der Waals surface area contributed by atoms with Crippen molar-refractivity contribution in [3.8, 4) is 6.07 Å². The molecule has 0 aliphatic carbocycles. The van der Waals surface area contributed by atoms with Gasteiger partial charge in [0.25, 0.3) is 0 Å². The van der Waals surface area contributed by atoms with Gasteiger partial charge in [-0.3, -0.25) is 4.79 Å². The van der Waals surface area contributed by atoms with Crippen LogP contribution in [0.15, 0.2) is 36.4 Å². The number of nitriles is 1. The van der Waals surface area contributed by atoms with Crippen LogP contribution in [0.4, 0.5) is 14.5 Å². The summed E-state index contributed by atoms with van der Waals surface area (Å²) in [5.41, 5.74) is -0.386. The van der Waals surface area contributed by atoms with Crippen molar-refractivity contribution in [1.82, 2.24) is 5.32 Å². The number of hydrogen-bond acceptors (Lipinski definition) is 5. The average Bonchev–Trinajstić information content (AvgIpc) is 3.19. The molecule has 1 aliphatic heterocycles. The smallest absolute Gasteiger partial charge is 0.187 e. The van der Waals surface area contributed by atoms with Gasteiger partial charge < -0.3 is 15.3 Å². The summed E-state index contributed by atoms with van der Waals surface area (Å²) in [6.45, 7) is 2.01. The van der Waals surface area contributed by atoms with Crippen molar-refractivity contribution in [3.05, 3.63) is 64.2 Å². The maximum atomic E-state index is 14.4. The van der Waals surface area contributed by atoms with E-state index < -0.39 is 29.1 Å². The Hall–Kier alpha value is -2.53. The van der Waals surface area contributed by atoms with Crippen molar-refractivity contribution in [2.24, 2.45) is 0 Å². The van der Waals surface area contributed by atoms with Gasteiger partial charge in [0.05, 0.1) is 10.6 Å². The first-order valence-corrected chi connectivity index (χ1v) is 9.51. The maximum Gasteiger partial charge on any atom is 0.187 e. The van der Waals surface area contributed by atoms with Crippen LogP contribution >= 0.6 is 11.6 Å². The minimum absolute atomic E-state index is 0.0650. The molecule has 8 heteroatoms. The molecule has 0 unspecified atom stereocenters. The Kier molecular flexibility index (Phi) is 6.18. The fourth-order valence-electron chi connectivity index (χ4n) is 3.73. The molecule has 1 saturated heterocycles. The summed E-state index contributed by atoms with van der Waals surface area (Å²) in [6.07, 6.45) is -0.880. The van der Waals surface area contributed by atoms with Gasteiger partial charge in [-0.05, 0) is 44.2 Å². The minimum Gasteiger partial charge on any atom is -0.386 e. The van der Waals surface area contributed by atoms with E-state index >= 15 is 0 Å². The minimum atomic E-state index is -1.25. The first kappa shape index (κ1) is 21.2. The monoisotopic (exact) mass is 419 g/mol. The zero-order valence-electron chi connectivity index (χ0n) is 15.8. The quantitative estimate of drug-likeness (QED) is 0.752. The molecule has 0 spiro atoms. The van der Waals surface area contributed by atoms with E-state index in [2.05, 4.69) is 5.32 Å². The van der Waals surface area contributed by atoms with E-state index in [1.807, 2.05) is 6.07 Å². The summed E-state index contributed by atoms with van der Waals surface area (Å²) in [5.74, 6) is -2.41. The number of aliphatic hydroxyl groups is 1. The molecule has 0 amide bonds. The standard InChI is InChI=1S/C21H20ClF2N3O2/c1-13(28)20(29)21(7-8-26-12-21)27(11-15-3-2-4-18(23)19(15)24)16-6-5-14(10-25)17(22)9-16/h2-6,9,13,26,28H,7-8,11-12H2,1H3/t13-,21-/m0/s1. The van der Waals surface area contributed by atoms with Crippen molar-refractivity contribution in [3.63, 3.8) is 0 Å². The van der Waals surface area contributed by atoms with Crippen molar-refractivity contribution in [2.45, 2.75) is 31.5 Å². The van der Waals surface area contributed by atoms with Gasteiger partial charge in [0.1, 0.15) is 17.7 Å². The lowest BCUT2D eigenvalue weighted by Crippen LogP contribution is -2.59. The summed E-state index contributed by atoms with van der Waals surface area (Å²) in [5, 5.41) is 22.5. The van der Waals surface area contributed by atoms with Crippen LogP contribution in [-0.4, -0.2) is 35.6 Å². The number of carbonyl (C=O) groups is 1. The van der Waals surface area contributed by atoms with E-state index in [1.165, 1.54) is 31.2 Å². The van der Waals surface area contributed by atoms with Crippen LogP contribution in [0.2, 0.25) is 5.02 Å². The maximum absolute atomic E-state index is 14.4. The molecule has 1 aliphatic rings. The SMILES string of the molecule is C[C@H](O)C(=O)[C@]1(N(Cc2cccc(F)c2F)c2ccc(C#N)c(Cl)c2)CCNC1. The molecule has 5 nitrogen and oxygen atoms in total. The first-order valence-electron chi connectivity index (χ1n) is 9.13. The number of rotatable bonds is 6. The summed E-state index contributed by atoms with van der Waals surface area (Å²) in [6, 6.07) is 10.5. The number of Topliss-reactive ketones (excluding diaryl/α,β-unsaturated/α-hetero) is 1. The van der Waals surface area contributed by atoms with Crippen LogP contribution in [0.3, 0.4) is 0 Å². The zero-order valence-corrected chi connectivity index (χ0v) is 16.5. The Morgan fingerprint density at radius 3 is 2.76 bits per heavy atom. The van der Waals surface area contributed by atoms with E-state index in [0.717, 1.165) is 6.07 Å². The number of carbonyl (C=O) groups excluding carboxylic acids is 1. The molecule has 2 N–H and O–H groups in total. The molecular weight excluding hydrogens is 400 g/mol. The summed E-state index contributed by atoms with van der Waals surface area (Å²) < 4.78 is 28.2. The topological polar surface area (TPSA) is 76.4 Å². The molecule has 2 atom stereocenters. The van der Waals surface area contributed by atoms with E-state index in [0.29, 0.717) is 18.7 Å². The van der Waals surface area contributed by atoms with Gasteiger partial charge in [-0.15, -0.1) is 0 Å². The molecule has 1 fully saturated rings. The van der Waals surface area contributed by atoms with Crippen LogP contribution in [0, 0.1) is 23.0 Å². The third-order valence-electron chi connectivity index (χ3n) is 5.23. The van der Waals surface area contributed by atoms with Gasteiger partial charge in [0, 0.05) is 24.3 Å². The molecule has 2 aromatic carbocycles. The summed E-state index contributed by atoms with van der Waals surface area (Å²) in [7, 11) is 0. The van der Waals surface area contributed by atoms with Crippen LogP contribution in [-0.2, 0) is 11.3 Å². The van der Waals surface area contributed by atoms with E-state index in [4.69, 9.17) is 16.9 Å². The van der Waals surface area contributed by atoms with Gasteiger partial charge in [-0.25, -0.2) is 8.78 Å². The van der Waals surface area contributed by atoms with Gasteiger partial charge in [-0.1, -0.05) is 23.7 Å². The Morgan fingerprint density at radius 1 is 1.41 bits per heavy atom. The zero-order chi connectivity index (χ0) is 21.2. The highest BCUT2D eigenvalue weighted by molar-refractivity contribution is 6.32. The van der Waals surface area contributed by atoms with Crippen LogP contribution in [0.1, 0.15) is 24.5 Å². The molecule has 2 aromatic rings. The van der Waals surface area contributed by atoms with E-state index in [-0.39, 0.29) is 29.2 Å². The Bertz CT molecular complexity index is 969. The number of aliphatic hydroxyl groups excluding tert-OH is 1. The van der Waals surface area contributed by atoms with Crippen LogP contribution < -0.4 is 10.2 Å². The summed E-state index contributed by atoms with van der Waals surface area (Å²) in [4.78, 5) is 14.7. The van der Waals surface area contributed by atoms with E-state index in [9.17, 15) is 18.7 Å². The summed E-state index contributed by atoms with van der Waals surface area (Å²) >= 11 is 6.19. The molecule has 3 rings (SSSR count). The Morgan fingerprint density at radius 2 is 2.17 bits per heavy atom. The number of nitrogens with zero attached hydrogens (tertiary/aromatic N) is 2. The lowest BCUT2D eigenvalue weighted by Gasteiger charge is -2.42. The second-order valence-electron chi connectivity index (χ2n) is 7.07. The number of benzene rings is 2. The van der Waals surface area contributed by atoms with Crippen molar-refractivity contribution < 1.29 is 18.7 Å². The van der Waals surface area contributed by atoms with Crippen molar-refractivity contribution in [2.75, 3.05) is 18.0 Å². The van der Waals surface area contributed by atoms with E-state index in [1.54, 1.807) is 11.0 Å². The molecule has 29 heavy (non-hydrogen) atoms. The third-order valence-corrected chi connectivity index (χ3v) is 5.55. The molecule has 0 aromatic heterocycles. The second-order valence-corrected chi connectivity index (χ2v) is 7.48. The normalized spacial score (nSPS) is 19.6. The predicted octanol–water partition coefficient (Wildman–Crippen LogP) is 3.18. The molecule has 0 bridgehead atoms. The van der Waals surface area contributed by atoms with Gasteiger partial charge in [0.2, 0.25) is 0 Å². The van der Waals surface area contributed by atoms with Crippen molar-refractivity contribution in [1.29, 1.82) is 5.26 Å². The highest BCUT2D eigenvalue weighted by Crippen LogP contribution is 2.35. The Balaban J connectivity index is 2.15. The number of ketones is 1.